The molecule has 0 amide bonds. The van der Waals surface area contributed by atoms with Crippen molar-refractivity contribution >= 4 is 33.1 Å². The maximum Gasteiger partial charge on any atom is 0.153 e. The molecule has 0 N–H and O–H groups in total. The Hall–Kier alpha value is -4.70. The van der Waals surface area contributed by atoms with Gasteiger partial charge in [0, 0.05) is 11.1 Å². The van der Waals surface area contributed by atoms with Crippen molar-refractivity contribution < 1.29 is 4.42 Å². The Balaban J connectivity index is 1.47. The number of aryl methyl sites for hydroxylation is 1. The molecule has 7 rings (SSSR count). The maximum absolute atomic E-state index is 6.47. The van der Waals surface area contributed by atoms with Crippen LogP contribution in [0.1, 0.15) is 61.9 Å². The Labute approximate surface area is 246 Å². The molecule has 0 atom stereocenters. The van der Waals surface area contributed by atoms with E-state index < -0.39 is 0 Å². The van der Waals surface area contributed by atoms with Crippen LogP contribution >= 0.6 is 0 Å². The van der Waals surface area contributed by atoms with Gasteiger partial charge in [0.2, 0.25) is 0 Å². The second kappa shape index (κ2) is 10.3. The van der Waals surface area contributed by atoms with Crippen LogP contribution in [0.25, 0.3) is 55.6 Å². The van der Waals surface area contributed by atoms with Gasteiger partial charge >= 0.3 is 0 Å². The zero-order chi connectivity index (χ0) is 29.0. The lowest BCUT2D eigenvalue weighted by atomic mass is 9.85. The smallest absolute Gasteiger partial charge is 0.153 e. The van der Waals surface area contributed by atoms with E-state index in [9.17, 15) is 0 Å². The molecular formula is C38H35N3O. The van der Waals surface area contributed by atoms with Crippen LogP contribution in [0.15, 0.2) is 101 Å². The molecule has 0 aliphatic rings. The van der Waals surface area contributed by atoms with Crippen molar-refractivity contribution in [3.05, 3.63) is 119 Å². The van der Waals surface area contributed by atoms with Crippen LogP contribution in [0.2, 0.25) is 0 Å². The molecule has 0 saturated heterocycles. The summed E-state index contributed by atoms with van der Waals surface area (Å²) < 4.78 is 8.85. The predicted octanol–water partition coefficient (Wildman–Crippen LogP) is 10.3. The number of aromatic nitrogens is 3. The van der Waals surface area contributed by atoms with Crippen LogP contribution < -0.4 is 0 Å². The van der Waals surface area contributed by atoms with Crippen LogP contribution in [-0.4, -0.2) is 14.5 Å². The van der Waals surface area contributed by atoms with Crippen molar-refractivity contribution in [2.24, 2.45) is 0 Å². The highest BCUT2D eigenvalue weighted by Crippen LogP contribution is 2.39. The molecule has 7 aromatic rings. The van der Waals surface area contributed by atoms with Gasteiger partial charge in [-0.2, -0.15) is 0 Å². The van der Waals surface area contributed by atoms with E-state index in [1.807, 2.05) is 19.1 Å². The molecule has 4 aromatic carbocycles. The van der Waals surface area contributed by atoms with Crippen molar-refractivity contribution in [2.45, 2.75) is 53.0 Å². The Bertz CT molecular complexity index is 2050. The van der Waals surface area contributed by atoms with Gasteiger partial charge in [-0.15, -0.1) is 0 Å². The number of hydrogen-bond donors (Lipinski definition) is 0. The molecule has 0 aliphatic carbocycles. The summed E-state index contributed by atoms with van der Waals surface area (Å²) in [6.45, 7) is 11.9. The normalized spacial score (nSPS) is 12.0. The van der Waals surface area contributed by atoms with Crippen LogP contribution in [0.4, 0.5) is 0 Å². The standard InChI is InChI=1S/C38H35N3O/c1-23(2)30-20-27(26-12-7-6-8-13-26)21-31(24(3)4)32(30)22-41-34-17-10-9-16-33(34)40-38(41)29-15-11-14-28-36-35(42-37(28)29)19-18-25(5)39-36/h6-21,23-24H,22H2,1-5H3. The Morgan fingerprint density at radius 3 is 2.17 bits per heavy atom. The number of imidazole rings is 1. The van der Waals surface area contributed by atoms with Gasteiger partial charge in [-0.25, -0.2) is 9.97 Å². The van der Waals surface area contributed by atoms with Crippen molar-refractivity contribution in [2.75, 3.05) is 0 Å². The molecule has 0 unspecified atom stereocenters. The Morgan fingerprint density at radius 2 is 1.43 bits per heavy atom. The van der Waals surface area contributed by atoms with Gasteiger partial charge in [0.15, 0.2) is 5.58 Å². The average Bonchev–Trinajstić information content (AvgIpc) is 3.55. The number of hydrogen-bond acceptors (Lipinski definition) is 3. The van der Waals surface area contributed by atoms with E-state index in [1.54, 1.807) is 0 Å². The van der Waals surface area contributed by atoms with Crippen molar-refractivity contribution in [1.29, 1.82) is 0 Å². The molecule has 0 aliphatic heterocycles. The minimum absolute atomic E-state index is 0.368. The van der Waals surface area contributed by atoms with Crippen LogP contribution in [0.3, 0.4) is 0 Å². The first-order valence-electron chi connectivity index (χ1n) is 14.9. The number of para-hydroxylation sites is 3. The molecule has 4 heteroatoms. The van der Waals surface area contributed by atoms with Crippen LogP contribution in [-0.2, 0) is 6.54 Å². The lowest BCUT2D eigenvalue weighted by molar-refractivity contribution is 0.667. The Morgan fingerprint density at radius 1 is 0.714 bits per heavy atom. The summed E-state index contributed by atoms with van der Waals surface area (Å²) in [5, 5.41) is 1.02. The third-order valence-corrected chi connectivity index (χ3v) is 8.36. The summed E-state index contributed by atoms with van der Waals surface area (Å²) in [6.07, 6.45) is 0. The van der Waals surface area contributed by atoms with Gasteiger partial charge in [-0.3, -0.25) is 0 Å². The van der Waals surface area contributed by atoms with Gasteiger partial charge in [-0.05, 0) is 83.0 Å². The SMILES string of the molecule is Cc1ccc2oc3c(-c4nc5ccccc5n4Cc4c(C(C)C)cc(-c5ccccc5)cc4C(C)C)cccc3c2n1. The summed E-state index contributed by atoms with van der Waals surface area (Å²) in [5.41, 5.74) is 13.2. The molecule has 3 aromatic heterocycles. The first-order valence-corrected chi connectivity index (χ1v) is 14.9. The monoisotopic (exact) mass is 549 g/mol. The minimum atomic E-state index is 0.368. The summed E-state index contributed by atoms with van der Waals surface area (Å²) in [4.78, 5) is 10.0. The molecule has 0 spiro atoms. The van der Waals surface area contributed by atoms with E-state index in [-0.39, 0.29) is 0 Å². The highest BCUT2D eigenvalue weighted by atomic mass is 16.3. The molecular weight excluding hydrogens is 514 g/mol. The van der Waals surface area contributed by atoms with Gasteiger partial charge in [0.05, 0.1) is 23.1 Å². The first kappa shape index (κ1) is 26.2. The number of furan rings is 1. The molecule has 0 saturated carbocycles. The number of pyridine rings is 1. The summed E-state index contributed by atoms with van der Waals surface area (Å²) >= 11 is 0. The van der Waals surface area contributed by atoms with E-state index in [0.717, 1.165) is 56.7 Å². The fourth-order valence-electron chi connectivity index (χ4n) is 6.27. The van der Waals surface area contributed by atoms with Gasteiger partial charge in [0.25, 0.3) is 0 Å². The van der Waals surface area contributed by atoms with Crippen molar-refractivity contribution in [1.82, 2.24) is 14.5 Å². The summed E-state index contributed by atoms with van der Waals surface area (Å²) in [6, 6.07) is 34.3. The Kier molecular flexibility index (Phi) is 6.42. The van der Waals surface area contributed by atoms with Crippen molar-refractivity contribution in [3.63, 3.8) is 0 Å². The largest absolute Gasteiger partial charge is 0.454 e. The van der Waals surface area contributed by atoms with E-state index in [1.165, 1.54) is 27.8 Å². The first-order chi connectivity index (χ1) is 20.4. The molecule has 3 heterocycles. The quantitative estimate of drug-likeness (QED) is 0.207. The highest BCUT2D eigenvalue weighted by Gasteiger charge is 2.23. The highest BCUT2D eigenvalue weighted by molar-refractivity contribution is 6.07. The summed E-state index contributed by atoms with van der Waals surface area (Å²) in [5.74, 6) is 1.65. The zero-order valence-corrected chi connectivity index (χ0v) is 24.8. The second-order valence-corrected chi connectivity index (χ2v) is 11.9. The van der Waals surface area contributed by atoms with E-state index >= 15 is 0 Å². The number of rotatable bonds is 6. The molecule has 0 radical (unpaired) electrons. The molecule has 42 heavy (non-hydrogen) atoms. The maximum atomic E-state index is 6.47. The average molecular weight is 550 g/mol. The second-order valence-electron chi connectivity index (χ2n) is 11.9. The predicted molar refractivity (Wildman–Crippen MR) is 174 cm³/mol. The van der Waals surface area contributed by atoms with Crippen LogP contribution in [0.5, 0.6) is 0 Å². The molecule has 208 valence electrons. The van der Waals surface area contributed by atoms with Crippen LogP contribution in [0, 0.1) is 6.92 Å². The minimum Gasteiger partial charge on any atom is -0.454 e. The lowest BCUT2D eigenvalue weighted by Gasteiger charge is -2.23. The van der Waals surface area contributed by atoms with Crippen molar-refractivity contribution in [3.8, 4) is 22.5 Å². The lowest BCUT2D eigenvalue weighted by Crippen LogP contribution is -2.11. The zero-order valence-electron chi connectivity index (χ0n) is 24.8. The topological polar surface area (TPSA) is 43.9 Å². The van der Waals surface area contributed by atoms with E-state index in [0.29, 0.717) is 11.8 Å². The van der Waals surface area contributed by atoms with Gasteiger partial charge in [0.1, 0.15) is 16.9 Å². The van der Waals surface area contributed by atoms with E-state index in [4.69, 9.17) is 14.4 Å². The van der Waals surface area contributed by atoms with Gasteiger partial charge in [-0.1, -0.05) is 88.4 Å². The molecule has 0 bridgehead atoms. The summed E-state index contributed by atoms with van der Waals surface area (Å²) in [7, 11) is 0. The molecule has 4 nitrogen and oxygen atoms in total. The third kappa shape index (κ3) is 4.39. The fraction of sp³-hybridized carbons (Fsp3) is 0.211. The molecule has 0 fully saturated rings. The van der Waals surface area contributed by atoms with E-state index in [2.05, 4.69) is 117 Å². The fourth-order valence-corrected chi connectivity index (χ4v) is 6.27. The number of fused-ring (bicyclic) bond motifs is 4. The number of nitrogens with zero attached hydrogens (tertiary/aromatic N) is 3. The third-order valence-electron chi connectivity index (χ3n) is 8.36. The number of benzene rings is 4. The van der Waals surface area contributed by atoms with Gasteiger partial charge < -0.3 is 8.98 Å².